The van der Waals surface area contributed by atoms with Gasteiger partial charge < -0.3 is 4.52 Å². The number of rotatable bonds is 2. The van der Waals surface area contributed by atoms with Crippen LogP contribution in [0.15, 0.2) is 23.4 Å². The van der Waals surface area contributed by atoms with Crippen LogP contribution in [0, 0.1) is 6.20 Å². The topological polar surface area (TPSA) is 26.0 Å². The van der Waals surface area contributed by atoms with Gasteiger partial charge in [-0.2, -0.15) is 0 Å². The first-order valence-electron chi connectivity index (χ1n) is 2.35. The molecule has 0 amide bonds. The van der Waals surface area contributed by atoms with Crippen LogP contribution >= 0.6 is 0 Å². The molecule has 8 heavy (non-hydrogen) atoms. The molecule has 2 heteroatoms. The molecule has 0 aromatic carbocycles. The standard InChI is InChI=1S/C6H6NO/c1-2-3-6-4-7-8-5-6/h2,5H,1,3H2. The number of nitrogens with zero attached hydrogens (tertiary/aromatic N) is 1. The first-order valence-corrected chi connectivity index (χ1v) is 2.35. The Balaban J connectivity index is 2.62. The third-order valence-corrected chi connectivity index (χ3v) is 0.801. The summed E-state index contributed by atoms with van der Waals surface area (Å²) in [7, 11) is 0. The van der Waals surface area contributed by atoms with Crippen LogP contribution in [-0.2, 0) is 6.42 Å². The van der Waals surface area contributed by atoms with E-state index < -0.39 is 0 Å². The first kappa shape index (κ1) is 5.09. The Labute approximate surface area is 47.8 Å². The van der Waals surface area contributed by atoms with Crippen LogP contribution in [0.5, 0.6) is 0 Å². The average molecular weight is 108 g/mol. The number of allylic oxidation sites excluding steroid dienone is 1. The predicted octanol–water partition coefficient (Wildman–Crippen LogP) is 1.20. The highest BCUT2D eigenvalue weighted by atomic mass is 16.5. The zero-order valence-corrected chi connectivity index (χ0v) is 4.42. The monoisotopic (exact) mass is 108 g/mol. The minimum absolute atomic E-state index is 0.781. The molecule has 0 aliphatic rings. The zero-order valence-electron chi connectivity index (χ0n) is 4.42. The van der Waals surface area contributed by atoms with E-state index in [1.165, 1.54) is 0 Å². The molecule has 0 aliphatic carbocycles. The molecule has 0 saturated heterocycles. The van der Waals surface area contributed by atoms with Gasteiger partial charge in [-0.1, -0.05) is 11.2 Å². The SMILES string of the molecule is C=CCc1[c]noc1. The Morgan fingerprint density at radius 2 is 2.88 bits per heavy atom. The van der Waals surface area contributed by atoms with E-state index >= 15 is 0 Å². The Bertz CT molecular complexity index is 155. The van der Waals surface area contributed by atoms with Gasteiger partial charge in [-0.05, 0) is 6.42 Å². The van der Waals surface area contributed by atoms with Crippen LogP contribution in [-0.4, -0.2) is 5.16 Å². The molecule has 0 aliphatic heterocycles. The van der Waals surface area contributed by atoms with Crippen molar-refractivity contribution in [2.45, 2.75) is 6.42 Å². The summed E-state index contributed by atoms with van der Waals surface area (Å²) in [6, 6.07) is 0. The molecular formula is C6H6NO. The van der Waals surface area contributed by atoms with E-state index in [0.29, 0.717) is 0 Å². The summed E-state index contributed by atoms with van der Waals surface area (Å²) in [5, 5.41) is 3.39. The summed E-state index contributed by atoms with van der Waals surface area (Å²) in [4.78, 5) is 0. The fraction of sp³-hybridized carbons (Fsp3) is 0.167. The summed E-state index contributed by atoms with van der Waals surface area (Å²) < 4.78 is 4.51. The highest BCUT2D eigenvalue weighted by Crippen LogP contribution is 1.95. The predicted molar refractivity (Wildman–Crippen MR) is 29.2 cm³/mol. The van der Waals surface area contributed by atoms with E-state index in [1.807, 2.05) is 0 Å². The molecule has 41 valence electrons. The summed E-state index contributed by atoms with van der Waals surface area (Å²) in [6.07, 6.45) is 6.77. The van der Waals surface area contributed by atoms with Crippen LogP contribution in [0.1, 0.15) is 5.56 Å². The van der Waals surface area contributed by atoms with Gasteiger partial charge in [0.2, 0.25) is 0 Å². The number of hydrogen-bond donors (Lipinski definition) is 0. The third kappa shape index (κ3) is 0.964. The van der Waals surface area contributed by atoms with Gasteiger partial charge >= 0.3 is 0 Å². The minimum atomic E-state index is 0.781. The van der Waals surface area contributed by atoms with E-state index in [0.717, 1.165) is 12.0 Å². The summed E-state index contributed by atoms with van der Waals surface area (Å²) in [5.74, 6) is 0. The lowest BCUT2D eigenvalue weighted by Crippen LogP contribution is -1.71. The summed E-state index contributed by atoms with van der Waals surface area (Å²) >= 11 is 0. The lowest BCUT2D eigenvalue weighted by atomic mass is 10.3. The second-order valence-electron chi connectivity index (χ2n) is 1.44. The molecule has 1 radical (unpaired) electrons. The average Bonchev–Trinajstić information content (AvgIpc) is 2.19. The summed E-state index contributed by atoms with van der Waals surface area (Å²) in [5.41, 5.74) is 0.944. The Hall–Kier alpha value is -1.05. The smallest absolute Gasteiger partial charge is 0.139 e. The molecule has 0 bridgehead atoms. The van der Waals surface area contributed by atoms with Crippen molar-refractivity contribution in [3.8, 4) is 0 Å². The van der Waals surface area contributed by atoms with Crippen molar-refractivity contribution in [3.63, 3.8) is 0 Å². The molecular weight excluding hydrogens is 102 g/mol. The zero-order chi connectivity index (χ0) is 5.82. The fourth-order valence-electron chi connectivity index (χ4n) is 0.451. The number of aromatic nitrogens is 1. The van der Waals surface area contributed by atoms with Crippen molar-refractivity contribution < 1.29 is 4.52 Å². The van der Waals surface area contributed by atoms with Gasteiger partial charge in [0.25, 0.3) is 0 Å². The van der Waals surface area contributed by atoms with E-state index in [-0.39, 0.29) is 0 Å². The molecule has 1 aromatic rings. The Morgan fingerprint density at radius 1 is 2.00 bits per heavy atom. The molecule has 1 rings (SSSR count). The third-order valence-electron chi connectivity index (χ3n) is 0.801. The number of hydrogen-bond acceptors (Lipinski definition) is 2. The molecule has 0 fully saturated rings. The van der Waals surface area contributed by atoms with Crippen molar-refractivity contribution >= 4 is 0 Å². The highest BCUT2D eigenvalue weighted by Gasteiger charge is 1.88. The van der Waals surface area contributed by atoms with Gasteiger partial charge in [0, 0.05) is 5.56 Å². The van der Waals surface area contributed by atoms with Gasteiger partial charge in [-0.15, -0.1) is 6.58 Å². The molecule has 1 aromatic heterocycles. The second-order valence-corrected chi connectivity index (χ2v) is 1.44. The molecule has 0 unspecified atom stereocenters. The van der Waals surface area contributed by atoms with Crippen molar-refractivity contribution in [1.29, 1.82) is 0 Å². The lowest BCUT2D eigenvalue weighted by Gasteiger charge is -1.77. The molecule has 0 atom stereocenters. The van der Waals surface area contributed by atoms with Gasteiger partial charge in [-0.25, -0.2) is 0 Å². The van der Waals surface area contributed by atoms with Crippen LogP contribution in [0.25, 0.3) is 0 Å². The van der Waals surface area contributed by atoms with E-state index in [2.05, 4.69) is 22.5 Å². The van der Waals surface area contributed by atoms with Crippen molar-refractivity contribution in [2.24, 2.45) is 0 Å². The van der Waals surface area contributed by atoms with Crippen molar-refractivity contribution in [2.75, 3.05) is 0 Å². The normalized spacial score (nSPS) is 9.00. The fourth-order valence-corrected chi connectivity index (χ4v) is 0.451. The molecule has 0 spiro atoms. The Kier molecular flexibility index (Phi) is 1.47. The maximum absolute atomic E-state index is 4.51. The molecule has 2 nitrogen and oxygen atoms in total. The molecule has 0 N–H and O–H groups in total. The van der Waals surface area contributed by atoms with Gasteiger partial charge in [-0.3, -0.25) is 0 Å². The maximum Gasteiger partial charge on any atom is 0.139 e. The van der Waals surface area contributed by atoms with E-state index in [4.69, 9.17) is 0 Å². The minimum Gasteiger partial charge on any atom is -0.364 e. The summed E-state index contributed by atoms with van der Waals surface area (Å²) in [6.45, 7) is 3.55. The van der Waals surface area contributed by atoms with Crippen molar-refractivity contribution in [1.82, 2.24) is 5.16 Å². The van der Waals surface area contributed by atoms with Crippen LogP contribution in [0.4, 0.5) is 0 Å². The van der Waals surface area contributed by atoms with Crippen LogP contribution in [0.3, 0.4) is 0 Å². The van der Waals surface area contributed by atoms with Gasteiger partial charge in [0.05, 0.1) is 0 Å². The second kappa shape index (κ2) is 2.31. The molecule has 0 saturated carbocycles. The first-order chi connectivity index (χ1) is 3.93. The molecule has 1 heterocycles. The Morgan fingerprint density at radius 3 is 3.38 bits per heavy atom. The lowest BCUT2D eigenvalue weighted by molar-refractivity contribution is 0.417. The van der Waals surface area contributed by atoms with Gasteiger partial charge in [0.1, 0.15) is 12.5 Å². The van der Waals surface area contributed by atoms with E-state index in [1.54, 1.807) is 12.3 Å². The quantitative estimate of drug-likeness (QED) is 0.532. The van der Waals surface area contributed by atoms with Gasteiger partial charge in [0.15, 0.2) is 0 Å². The largest absolute Gasteiger partial charge is 0.364 e. The van der Waals surface area contributed by atoms with Crippen molar-refractivity contribution in [3.05, 3.63) is 30.7 Å². The van der Waals surface area contributed by atoms with Crippen LogP contribution in [0.2, 0.25) is 0 Å². The van der Waals surface area contributed by atoms with Crippen LogP contribution < -0.4 is 0 Å². The van der Waals surface area contributed by atoms with E-state index in [9.17, 15) is 0 Å². The maximum atomic E-state index is 4.51. The highest BCUT2D eigenvalue weighted by molar-refractivity contribution is 5.02.